The van der Waals surface area contributed by atoms with Crippen LogP contribution in [0, 0.1) is 0 Å². The highest BCUT2D eigenvalue weighted by atomic mass is 35.5. The molecule has 1 aromatic heterocycles. The molecule has 0 aliphatic carbocycles. The van der Waals surface area contributed by atoms with E-state index in [4.69, 9.17) is 22.1 Å². The fraction of sp³-hybridized carbons (Fsp3) is 0.154. The average Bonchev–Trinajstić information content (AvgIpc) is 2.44. The monoisotopic (exact) mass is 292 g/mol. The number of carbonyl (C=O) groups is 1. The lowest BCUT2D eigenvalue weighted by atomic mass is 10.3. The highest BCUT2D eigenvalue weighted by Crippen LogP contribution is 2.28. The molecule has 2 aromatic rings. The van der Waals surface area contributed by atoms with Crippen LogP contribution in [0.5, 0.6) is 11.6 Å². The summed E-state index contributed by atoms with van der Waals surface area (Å²) >= 11 is 5.86. The Morgan fingerprint density at radius 3 is 2.80 bits per heavy atom. The maximum atomic E-state index is 11.5. The molecule has 6 nitrogen and oxygen atoms in total. The Labute approximate surface area is 120 Å². The van der Waals surface area contributed by atoms with E-state index >= 15 is 0 Å². The molecule has 2 rings (SSSR count). The summed E-state index contributed by atoms with van der Waals surface area (Å²) in [6.45, 7) is 2.35. The molecule has 0 saturated carbocycles. The Morgan fingerprint density at radius 1 is 1.35 bits per heavy atom. The smallest absolute Gasteiger partial charge is 0.271 e. The molecule has 20 heavy (non-hydrogen) atoms. The van der Waals surface area contributed by atoms with Crippen molar-refractivity contribution in [1.82, 2.24) is 15.5 Å². The number of rotatable bonds is 4. The van der Waals surface area contributed by atoms with Gasteiger partial charge in [-0.15, -0.1) is 10.2 Å². The molecule has 3 N–H and O–H groups in total. The van der Waals surface area contributed by atoms with Gasteiger partial charge in [0.2, 0.25) is 5.88 Å². The van der Waals surface area contributed by atoms with Crippen molar-refractivity contribution < 1.29 is 9.53 Å². The van der Waals surface area contributed by atoms with E-state index in [9.17, 15) is 4.79 Å². The van der Waals surface area contributed by atoms with Gasteiger partial charge in [-0.1, -0.05) is 11.6 Å². The summed E-state index contributed by atoms with van der Waals surface area (Å²) in [5.74, 6) is 0.332. The van der Waals surface area contributed by atoms with Crippen LogP contribution < -0.4 is 15.8 Å². The number of nitrogens with two attached hydrogens (primary N) is 1. The molecule has 104 valence electrons. The number of nitrogens with one attached hydrogen (secondary N) is 1. The third-order valence-electron chi connectivity index (χ3n) is 2.40. The van der Waals surface area contributed by atoms with Gasteiger partial charge in [0.15, 0.2) is 11.4 Å². The summed E-state index contributed by atoms with van der Waals surface area (Å²) < 4.78 is 5.47. The summed E-state index contributed by atoms with van der Waals surface area (Å²) in [7, 11) is 0. The highest BCUT2D eigenvalue weighted by molar-refractivity contribution is 6.30. The van der Waals surface area contributed by atoms with E-state index in [2.05, 4.69) is 15.5 Å². The van der Waals surface area contributed by atoms with Crippen molar-refractivity contribution in [3.8, 4) is 11.6 Å². The zero-order valence-electron chi connectivity index (χ0n) is 10.8. The van der Waals surface area contributed by atoms with Gasteiger partial charge in [0, 0.05) is 23.7 Å². The minimum Gasteiger partial charge on any atom is -0.435 e. The largest absolute Gasteiger partial charge is 0.435 e. The van der Waals surface area contributed by atoms with Crippen LogP contribution in [-0.4, -0.2) is 22.6 Å². The van der Waals surface area contributed by atoms with E-state index in [0.717, 1.165) is 0 Å². The van der Waals surface area contributed by atoms with Gasteiger partial charge in [0.05, 0.1) is 5.69 Å². The number of benzene rings is 1. The molecular weight excluding hydrogens is 280 g/mol. The van der Waals surface area contributed by atoms with Crippen LogP contribution in [0.15, 0.2) is 30.3 Å². The van der Waals surface area contributed by atoms with E-state index in [1.54, 1.807) is 18.2 Å². The third-order valence-corrected chi connectivity index (χ3v) is 2.64. The molecule has 0 bridgehead atoms. The van der Waals surface area contributed by atoms with Crippen molar-refractivity contribution in [2.45, 2.75) is 6.92 Å². The van der Waals surface area contributed by atoms with Gasteiger partial charge in [0.1, 0.15) is 0 Å². The number of amides is 1. The molecule has 0 unspecified atom stereocenters. The number of hydrogen-bond acceptors (Lipinski definition) is 5. The lowest BCUT2D eigenvalue weighted by molar-refractivity contribution is 0.0949. The SMILES string of the molecule is CCNC(=O)c1ccc(Oc2cc(Cl)ccc2N)nn1. The Bertz CT molecular complexity index is 616. The second kappa shape index (κ2) is 6.21. The number of carbonyl (C=O) groups excluding carboxylic acids is 1. The van der Waals surface area contributed by atoms with Crippen LogP contribution in [0.25, 0.3) is 0 Å². The van der Waals surface area contributed by atoms with Crippen molar-refractivity contribution >= 4 is 23.2 Å². The minimum atomic E-state index is -0.284. The molecule has 0 aliphatic heterocycles. The van der Waals surface area contributed by atoms with Gasteiger partial charge in [-0.3, -0.25) is 4.79 Å². The topological polar surface area (TPSA) is 90.1 Å². The molecule has 1 aromatic carbocycles. The van der Waals surface area contributed by atoms with Crippen LogP contribution in [0.2, 0.25) is 5.02 Å². The molecule has 0 spiro atoms. The Kier molecular flexibility index (Phi) is 4.37. The Hall–Kier alpha value is -2.34. The molecule has 7 heteroatoms. The lowest BCUT2D eigenvalue weighted by Crippen LogP contribution is -2.23. The first-order valence-corrected chi connectivity index (χ1v) is 6.32. The predicted molar refractivity (Wildman–Crippen MR) is 76.0 cm³/mol. The van der Waals surface area contributed by atoms with Gasteiger partial charge < -0.3 is 15.8 Å². The molecule has 1 amide bonds. The van der Waals surface area contributed by atoms with Crippen LogP contribution in [0.1, 0.15) is 17.4 Å². The average molecular weight is 293 g/mol. The van der Waals surface area contributed by atoms with Crippen molar-refractivity contribution in [1.29, 1.82) is 0 Å². The first kappa shape index (κ1) is 14.1. The number of anilines is 1. The van der Waals surface area contributed by atoms with Gasteiger partial charge in [-0.05, 0) is 25.1 Å². The zero-order valence-corrected chi connectivity index (χ0v) is 11.5. The van der Waals surface area contributed by atoms with Crippen LogP contribution in [0.3, 0.4) is 0 Å². The number of hydrogen-bond donors (Lipinski definition) is 2. The molecule has 1 heterocycles. The first-order valence-electron chi connectivity index (χ1n) is 5.95. The van der Waals surface area contributed by atoms with E-state index < -0.39 is 0 Å². The summed E-state index contributed by atoms with van der Waals surface area (Å²) in [6, 6.07) is 7.93. The normalized spacial score (nSPS) is 10.1. The third kappa shape index (κ3) is 3.36. The minimum absolute atomic E-state index is 0.221. The van der Waals surface area contributed by atoms with E-state index in [0.29, 0.717) is 23.0 Å². The molecule has 0 saturated heterocycles. The van der Waals surface area contributed by atoms with Gasteiger partial charge in [-0.25, -0.2) is 0 Å². The van der Waals surface area contributed by atoms with Gasteiger partial charge in [0.25, 0.3) is 5.91 Å². The maximum absolute atomic E-state index is 11.5. The first-order chi connectivity index (χ1) is 9.60. The van der Waals surface area contributed by atoms with E-state index in [-0.39, 0.29) is 17.5 Å². The van der Waals surface area contributed by atoms with Crippen molar-refractivity contribution in [2.75, 3.05) is 12.3 Å². The quantitative estimate of drug-likeness (QED) is 0.844. The number of nitrogen functional groups attached to an aromatic ring is 1. The van der Waals surface area contributed by atoms with Crippen molar-refractivity contribution in [3.63, 3.8) is 0 Å². The second-order valence-corrected chi connectivity index (χ2v) is 4.34. The standard InChI is InChI=1S/C13H13ClN4O2/c1-2-16-13(19)10-5-6-12(18-17-10)20-11-7-8(14)3-4-9(11)15/h3-7H,2,15H2,1H3,(H,16,19). The zero-order chi connectivity index (χ0) is 14.5. The fourth-order valence-corrected chi connectivity index (χ4v) is 1.62. The Morgan fingerprint density at radius 2 is 2.15 bits per heavy atom. The lowest BCUT2D eigenvalue weighted by Gasteiger charge is -2.07. The predicted octanol–water partition coefficient (Wildman–Crippen LogP) is 2.25. The second-order valence-electron chi connectivity index (χ2n) is 3.90. The molecule has 0 fully saturated rings. The summed E-state index contributed by atoms with van der Waals surface area (Å²) in [6.07, 6.45) is 0. The fourth-order valence-electron chi connectivity index (χ4n) is 1.46. The number of nitrogens with zero attached hydrogens (tertiary/aromatic N) is 2. The van der Waals surface area contributed by atoms with Crippen LogP contribution in [-0.2, 0) is 0 Å². The van der Waals surface area contributed by atoms with Crippen LogP contribution >= 0.6 is 11.6 Å². The molecule has 0 atom stereocenters. The number of aromatic nitrogens is 2. The van der Waals surface area contributed by atoms with Crippen LogP contribution in [0.4, 0.5) is 5.69 Å². The molecular formula is C13H13ClN4O2. The number of halogens is 1. The number of ether oxygens (including phenoxy) is 1. The van der Waals surface area contributed by atoms with Crippen molar-refractivity contribution in [2.24, 2.45) is 0 Å². The summed E-state index contributed by atoms with van der Waals surface area (Å²) in [5.41, 5.74) is 6.41. The van der Waals surface area contributed by atoms with Gasteiger partial charge in [-0.2, -0.15) is 0 Å². The van der Waals surface area contributed by atoms with E-state index in [1.807, 2.05) is 6.92 Å². The molecule has 0 aliphatic rings. The van der Waals surface area contributed by atoms with Crippen molar-refractivity contribution in [3.05, 3.63) is 41.0 Å². The van der Waals surface area contributed by atoms with Gasteiger partial charge >= 0.3 is 0 Å². The summed E-state index contributed by atoms with van der Waals surface area (Å²) in [5, 5.41) is 10.7. The summed E-state index contributed by atoms with van der Waals surface area (Å²) in [4.78, 5) is 11.5. The molecule has 0 radical (unpaired) electrons. The van der Waals surface area contributed by atoms with E-state index in [1.165, 1.54) is 12.1 Å². The maximum Gasteiger partial charge on any atom is 0.271 e. The highest BCUT2D eigenvalue weighted by Gasteiger charge is 2.09. The Balaban J connectivity index is 2.14.